The van der Waals surface area contributed by atoms with Crippen LogP contribution < -0.4 is 4.90 Å². The Morgan fingerprint density at radius 1 is 1.33 bits per heavy atom. The molecular weight excluding hydrogens is 246 g/mol. The minimum Gasteiger partial charge on any atom is -0.390 e. The minimum absolute atomic E-state index is 0.0696. The predicted molar refractivity (Wildman–Crippen MR) is 73.6 cm³/mol. The third-order valence-electron chi connectivity index (χ3n) is 2.68. The number of aromatic nitrogens is 2. The van der Waals surface area contributed by atoms with Crippen molar-refractivity contribution in [2.24, 2.45) is 0 Å². The summed E-state index contributed by atoms with van der Waals surface area (Å²) >= 11 is 1.74. The van der Waals surface area contributed by atoms with Gasteiger partial charge in [0.15, 0.2) is 0 Å². The molecule has 0 spiro atoms. The monoisotopic (exact) mass is 263 g/mol. The van der Waals surface area contributed by atoms with E-state index in [0.29, 0.717) is 11.7 Å². The molecule has 2 rings (SSSR count). The molecule has 0 aliphatic rings. The maximum Gasteiger partial charge on any atom is 0.147 e. The summed E-state index contributed by atoms with van der Waals surface area (Å²) in [7, 11) is 0. The first kappa shape index (κ1) is 13.0. The molecule has 0 saturated heterocycles. The molecule has 0 atom stereocenters. The van der Waals surface area contributed by atoms with Gasteiger partial charge in [-0.2, -0.15) is 0 Å². The van der Waals surface area contributed by atoms with Crippen LogP contribution in [0.15, 0.2) is 29.9 Å². The fraction of sp³-hybridized carbons (Fsp3) is 0.385. The number of rotatable bonds is 5. The quantitative estimate of drug-likeness (QED) is 0.900. The van der Waals surface area contributed by atoms with Gasteiger partial charge in [-0.05, 0) is 25.3 Å². The molecule has 5 heteroatoms. The molecule has 0 aliphatic heterocycles. The molecule has 0 aromatic carbocycles. The highest BCUT2D eigenvalue weighted by Gasteiger charge is 2.13. The second-order valence-corrected chi connectivity index (χ2v) is 5.36. The molecular formula is C13H17N3OS. The summed E-state index contributed by atoms with van der Waals surface area (Å²) in [5.41, 5.74) is 0.596. The van der Waals surface area contributed by atoms with Gasteiger partial charge in [0.05, 0.1) is 31.2 Å². The average Bonchev–Trinajstić information content (AvgIpc) is 2.89. The standard InChI is InChI=1S/C13H17N3OS/c1-10(2)16(8-12-4-3-5-18-12)13-7-14-11(9-17)6-15-13/h3-7,10,17H,8-9H2,1-2H3. The van der Waals surface area contributed by atoms with E-state index < -0.39 is 0 Å². The molecule has 0 aliphatic carbocycles. The molecule has 4 nitrogen and oxygen atoms in total. The molecule has 2 aromatic rings. The Balaban J connectivity index is 2.18. The third kappa shape index (κ3) is 3.05. The zero-order chi connectivity index (χ0) is 13.0. The van der Waals surface area contributed by atoms with E-state index in [1.807, 2.05) is 0 Å². The second kappa shape index (κ2) is 5.93. The number of anilines is 1. The predicted octanol–water partition coefficient (Wildman–Crippen LogP) is 2.45. The van der Waals surface area contributed by atoms with Crippen LogP contribution in [-0.4, -0.2) is 21.1 Å². The highest BCUT2D eigenvalue weighted by molar-refractivity contribution is 7.09. The summed E-state index contributed by atoms with van der Waals surface area (Å²) in [6.45, 7) is 5.03. The summed E-state index contributed by atoms with van der Waals surface area (Å²) in [5.74, 6) is 0.843. The van der Waals surface area contributed by atoms with Gasteiger partial charge < -0.3 is 10.0 Å². The van der Waals surface area contributed by atoms with Gasteiger partial charge in [-0.15, -0.1) is 11.3 Å². The molecule has 0 saturated carbocycles. The van der Waals surface area contributed by atoms with Crippen molar-refractivity contribution >= 4 is 17.2 Å². The van der Waals surface area contributed by atoms with E-state index in [2.05, 4.69) is 46.2 Å². The van der Waals surface area contributed by atoms with Crippen LogP contribution in [0.1, 0.15) is 24.4 Å². The van der Waals surface area contributed by atoms with E-state index >= 15 is 0 Å². The lowest BCUT2D eigenvalue weighted by Gasteiger charge is -2.27. The number of aliphatic hydroxyl groups is 1. The minimum atomic E-state index is -0.0696. The van der Waals surface area contributed by atoms with Crippen LogP contribution in [0.25, 0.3) is 0 Å². The molecule has 0 bridgehead atoms. The summed E-state index contributed by atoms with van der Waals surface area (Å²) in [5, 5.41) is 11.0. The Labute approximate surface area is 111 Å². The first-order valence-corrected chi connectivity index (χ1v) is 6.79. The Hall–Kier alpha value is -1.46. The van der Waals surface area contributed by atoms with Crippen LogP contribution in [0.3, 0.4) is 0 Å². The average molecular weight is 263 g/mol. The lowest BCUT2D eigenvalue weighted by molar-refractivity contribution is 0.276. The van der Waals surface area contributed by atoms with Crippen LogP contribution in [0, 0.1) is 0 Å². The van der Waals surface area contributed by atoms with Crippen molar-refractivity contribution in [2.75, 3.05) is 4.90 Å². The Kier molecular flexibility index (Phi) is 4.28. The smallest absolute Gasteiger partial charge is 0.147 e. The Bertz CT molecular complexity index is 467. The van der Waals surface area contributed by atoms with Gasteiger partial charge in [-0.25, -0.2) is 4.98 Å². The highest BCUT2D eigenvalue weighted by Crippen LogP contribution is 2.19. The summed E-state index contributed by atoms with van der Waals surface area (Å²) < 4.78 is 0. The fourth-order valence-electron chi connectivity index (χ4n) is 1.68. The Morgan fingerprint density at radius 2 is 2.17 bits per heavy atom. The maximum absolute atomic E-state index is 8.97. The topological polar surface area (TPSA) is 49.2 Å². The fourth-order valence-corrected chi connectivity index (χ4v) is 2.38. The molecule has 0 amide bonds. The number of hydrogen-bond acceptors (Lipinski definition) is 5. The zero-order valence-electron chi connectivity index (χ0n) is 10.6. The van der Waals surface area contributed by atoms with E-state index in [0.717, 1.165) is 12.4 Å². The Morgan fingerprint density at radius 3 is 2.67 bits per heavy atom. The molecule has 0 fully saturated rings. The molecule has 18 heavy (non-hydrogen) atoms. The van der Waals surface area contributed by atoms with Gasteiger partial charge in [-0.1, -0.05) is 6.07 Å². The molecule has 2 heterocycles. The maximum atomic E-state index is 8.97. The van der Waals surface area contributed by atoms with Crippen molar-refractivity contribution in [1.82, 2.24) is 9.97 Å². The first-order chi connectivity index (χ1) is 8.70. The van der Waals surface area contributed by atoms with Crippen LogP contribution in [-0.2, 0) is 13.2 Å². The largest absolute Gasteiger partial charge is 0.390 e. The van der Waals surface area contributed by atoms with Gasteiger partial charge in [-0.3, -0.25) is 4.98 Å². The molecule has 0 radical (unpaired) electrons. The van der Waals surface area contributed by atoms with Gasteiger partial charge in [0.2, 0.25) is 0 Å². The number of hydrogen-bond donors (Lipinski definition) is 1. The van der Waals surface area contributed by atoms with Gasteiger partial charge in [0.25, 0.3) is 0 Å². The summed E-state index contributed by atoms with van der Waals surface area (Å²) in [4.78, 5) is 12.0. The van der Waals surface area contributed by atoms with E-state index in [4.69, 9.17) is 5.11 Å². The zero-order valence-corrected chi connectivity index (χ0v) is 11.4. The van der Waals surface area contributed by atoms with Gasteiger partial charge in [0.1, 0.15) is 5.82 Å². The van der Waals surface area contributed by atoms with Gasteiger partial charge >= 0.3 is 0 Å². The van der Waals surface area contributed by atoms with Crippen molar-refractivity contribution < 1.29 is 5.11 Å². The SMILES string of the molecule is CC(C)N(Cc1cccs1)c1cnc(CO)cn1. The first-order valence-electron chi connectivity index (χ1n) is 5.91. The lowest BCUT2D eigenvalue weighted by Crippen LogP contribution is -2.30. The van der Waals surface area contributed by atoms with E-state index in [1.54, 1.807) is 23.7 Å². The van der Waals surface area contributed by atoms with Crippen LogP contribution in [0.5, 0.6) is 0 Å². The second-order valence-electron chi connectivity index (χ2n) is 4.33. The van der Waals surface area contributed by atoms with Crippen LogP contribution in [0.2, 0.25) is 0 Å². The van der Waals surface area contributed by atoms with E-state index in [1.165, 1.54) is 4.88 Å². The van der Waals surface area contributed by atoms with Crippen molar-refractivity contribution in [1.29, 1.82) is 0 Å². The van der Waals surface area contributed by atoms with E-state index in [9.17, 15) is 0 Å². The molecule has 1 N–H and O–H groups in total. The normalized spacial score (nSPS) is 10.9. The molecule has 2 aromatic heterocycles. The summed E-state index contributed by atoms with van der Waals surface area (Å²) in [6, 6.07) is 4.52. The van der Waals surface area contributed by atoms with Crippen LogP contribution >= 0.6 is 11.3 Å². The van der Waals surface area contributed by atoms with Crippen molar-refractivity contribution in [3.63, 3.8) is 0 Å². The third-order valence-corrected chi connectivity index (χ3v) is 3.54. The number of thiophene rings is 1. The van der Waals surface area contributed by atoms with Crippen molar-refractivity contribution in [2.45, 2.75) is 33.0 Å². The highest BCUT2D eigenvalue weighted by atomic mass is 32.1. The lowest BCUT2D eigenvalue weighted by atomic mass is 10.3. The molecule has 96 valence electrons. The van der Waals surface area contributed by atoms with E-state index in [-0.39, 0.29) is 6.61 Å². The number of nitrogens with zero attached hydrogens (tertiary/aromatic N) is 3. The molecule has 0 unspecified atom stereocenters. The van der Waals surface area contributed by atoms with Crippen LogP contribution in [0.4, 0.5) is 5.82 Å². The van der Waals surface area contributed by atoms with Crippen molar-refractivity contribution in [3.8, 4) is 0 Å². The number of aliphatic hydroxyl groups excluding tert-OH is 1. The van der Waals surface area contributed by atoms with Gasteiger partial charge in [0, 0.05) is 10.9 Å². The van der Waals surface area contributed by atoms with Crippen molar-refractivity contribution in [3.05, 3.63) is 40.5 Å². The summed E-state index contributed by atoms with van der Waals surface area (Å²) in [6.07, 6.45) is 3.35.